The number of benzene rings is 1. The molecule has 0 spiro atoms. The van der Waals surface area contributed by atoms with E-state index in [4.69, 9.17) is 5.73 Å². The van der Waals surface area contributed by atoms with Crippen molar-refractivity contribution in [1.82, 2.24) is 4.90 Å². The Kier molecular flexibility index (Phi) is 3.75. The van der Waals surface area contributed by atoms with Crippen LogP contribution < -0.4 is 5.73 Å². The number of nitrogens with zero attached hydrogens (tertiary/aromatic N) is 2. The van der Waals surface area contributed by atoms with Crippen LogP contribution in [0.25, 0.3) is 0 Å². The first-order valence-corrected chi connectivity index (χ1v) is 5.98. The number of piperidine rings is 1. The molecule has 2 rings (SSSR count). The molecule has 1 heterocycles. The van der Waals surface area contributed by atoms with E-state index < -0.39 is 16.6 Å². The van der Waals surface area contributed by atoms with E-state index in [1.54, 1.807) is 0 Å². The van der Waals surface area contributed by atoms with Gasteiger partial charge in [-0.2, -0.15) is 0 Å². The zero-order valence-electron chi connectivity index (χ0n) is 10.2. The predicted molar refractivity (Wildman–Crippen MR) is 66.2 cm³/mol. The number of amides is 1. The van der Waals surface area contributed by atoms with Crippen LogP contribution in [0.15, 0.2) is 18.2 Å². The van der Waals surface area contributed by atoms with Crippen molar-refractivity contribution in [3.05, 3.63) is 39.7 Å². The van der Waals surface area contributed by atoms with Crippen molar-refractivity contribution in [3.63, 3.8) is 0 Å². The molecule has 0 aliphatic carbocycles. The number of likely N-dealkylation sites (tertiary alicyclic amines) is 1. The summed E-state index contributed by atoms with van der Waals surface area (Å²) in [5.74, 6) is -1.35. The summed E-state index contributed by atoms with van der Waals surface area (Å²) in [6.45, 7) is 0.915. The molecule has 102 valence electrons. The van der Waals surface area contributed by atoms with Gasteiger partial charge in [-0.05, 0) is 18.9 Å². The van der Waals surface area contributed by atoms with E-state index in [1.165, 1.54) is 4.90 Å². The molecule has 1 aliphatic heterocycles. The Morgan fingerprint density at radius 1 is 1.53 bits per heavy atom. The Hall–Kier alpha value is -2.02. The van der Waals surface area contributed by atoms with Crippen LogP contribution >= 0.6 is 0 Å². The van der Waals surface area contributed by atoms with Gasteiger partial charge in [0.25, 0.3) is 11.6 Å². The average Bonchev–Trinajstić information content (AvgIpc) is 2.37. The minimum absolute atomic E-state index is 0.0983. The van der Waals surface area contributed by atoms with Gasteiger partial charge >= 0.3 is 0 Å². The number of nitro groups is 1. The van der Waals surface area contributed by atoms with Crippen LogP contribution in [-0.2, 0) is 0 Å². The summed E-state index contributed by atoms with van der Waals surface area (Å²) in [7, 11) is 0. The van der Waals surface area contributed by atoms with Crippen molar-refractivity contribution in [2.24, 2.45) is 5.73 Å². The van der Waals surface area contributed by atoms with Gasteiger partial charge in [-0.1, -0.05) is 0 Å². The molecule has 1 fully saturated rings. The largest absolute Gasteiger partial charge is 0.337 e. The van der Waals surface area contributed by atoms with E-state index in [0.29, 0.717) is 13.1 Å². The molecular formula is C12H14FN3O3. The number of rotatable bonds is 2. The van der Waals surface area contributed by atoms with Gasteiger partial charge in [0.15, 0.2) is 0 Å². The lowest BCUT2D eigenvalue weighted by molar-refractivity contribution is -0.385. The Labute approximate surface area is 109 Å². The van der Waals surface area contributed by atoms with E-state index in [1.807, 2.05) is 0 Å². The molecule has 7 heteroatoms. The lowest BCUT2D eigenvalue weighted by Gasteiger charge is -2.30. The van der Waals surface area contributed by atoms with Gasteiger partial charge in [0, 0.05) is 25.2 Å². The smallest absolute Gasteiger partial charge is 0.272 e. The SMILES string of the molecule is N[C@@H]1CCCN(C(=O)c2ccc([N+](=O)[O-])cc2F)C1. The highest BCUT2D eigenvalue weighted by Crippen LogP contribution is 2.19. The molecule has 1 amide bonds. The third kappa shape index (κ3) is 2.87. The number of hydrogen-bond acceptors (Lipinski definition) is 4. The minimum Gasteiger partial charge on any atom is -0.337 e. The lowest BCUT2D eigenvalue weighted by atomic mass is 10.0. The fourth-order valence-electron chi connectivity index (χ4n) is 2.16. The number of nitrogens with two attached hydrogens (primary N) is 1. The summed E-state index contributed by atoms with van der Waals surface area (Å²) in [6.07, 6.45) is 1.62. The molecule has 1 aliphatic rings. The van der Waals surface area contributed by atoms with Crippen LogP contribution in [0, 0.1) is 15.9 Å². The zero-order chi connectivity index (χ0) is 14.0. The van der Waals surface area contributed by atoms with Crippen LogP contribution in [0.4, 0.5) is 10.1 Å². The monoisotopic (exact) mass is 267 g/mol. The van der Waals surface area contributed by atoms with E-state index in [0.717, 1.165) is 31.0 Å². The first-order valence-electron chi connectivity index (χ1n) is 5.98. The van der Waals surface area contributed by atoms with Gasteiger partial charge in [0.1, 0.15) is 5.82 Å². The normalized spacial score (nSPS) is 19.3. The Balaban J connectivity index is 2.21. The Morgan fingerprint density at radius 3 is 2.84 bits per heavy atom. The molecule has 1 aromatic carbocycles. The highest BCUT2D eigenvalue weighted by atomic mass is 19.1. The summed E-state index contributed by atoms with van der Waals surface area (Å²) >= 11 is 0. The van der Waals surface area contributed by atoms with Gasteiger partial charge < -0.3 is 10.6 Å². The van der Waals surface area contributed by atoms with E-state index in [-0.39, 0.29) is 17.3 Å². The summed E-state index contributed by atoms with van der Waals surface area (Å²) < 4.78 is 13.7. The van der Waals surface area contributed by atoms with E-state index in [9.17, 15) is 19.3 Å². The molecule has 0 aromatic heterocycles. The number of carbonyl (C=O) groups excluding carboxylic acids is 1. The predicted octanol–water partition coefficient (Wildman–Crippen LogP) is 1.30. The fraction of sp³-hybridized carbons (Fsp3) is 0.417. The maximum Gasteiger partial charge on any atom is 0.272 e. The van der Waals surface area contributed by atoms with Crippen molar-refractivity contribution >= 4 is 11.6 Å². The standard InChI is InChI=1S/C12H14FN3O3/c13-11-6-9(16(18)19)3-4-10(11)12(17)15-5-1-2-8(14)7-15/h3-4,6,8H,1-2,5,7,14H2/t8-/m1/s1. The van der Waals surface area contributed by atoms with Gasteiger partial charge in [-0.25, -0.2) is 4.39 Å². The van der Waals surface area contributed by atoms with Crippen LogP contribution in [0.3, 0.4) is 0 Å². The first-order chi connectivity index (χ1) is 8.99. The first kappa shape index (κ1) is 13.4. The molecular weight excluding hydrogens is 253 g/mol. The molecule has 1 saturated heterocycles. The maximum atomic E-state index is 13.7. The molecule has 6 nitrogen and oxygen atoms in total. The molecule has 19 heavy (non-hydrogen) atoms. The summed E-state index contributed by atoms with van der Waals surface area (Å²) in [6, 6.07) is 2.94. The van der Waals surface area contributed by atoms with Crippen molar-refractivity contribution in [2.75, 3.05) is 13.1 Å². The molecule has 1 atom stereocenters. The van der Waals surface area contributed by atoms with Crippen molar-refractivity contribution in [2.45, 2.75) is 18.9 Å². The Morgan fingerprint density at radius 2 is 2.26 bits per heavy atom. The number of nitro benzene ring substituents is 1. The highest BCUT2D eigenvalue weighted by molar-refractivity contribution is 5.94. The third-order valence-corrected chi connectivity index (χ3v) is 3.14. The van der Waals surface area contributed by atoms with E-state index in [2.05, 4.69) is 0 Å². The molecule has 1 aromatic rings. The zero-order valence-corrected chi connectivity index (χ0v) is 10.2. The molecule has 2 N–H and O–H groups in total. The Bertz CT molecular complexity index is 521. The second kappa shape index (κ2) is 5.31. The van der Waals surface area contributed by atoms with Gasteiger partial charge in [-0.15, -0.1) is 0 Å². The van der Waals surface area contributed by atoms with Crippen LogP contribution in [-0.4, -0.2) is 34.9 Å². The van der Waals surface area contributed by atoms with Crippen molar-refractivity contribution in [1.29, 1.82) is 0 Å². The fourth-order valence-corrected chi connectivity index (χ4v) is 2.16. The molecule has 0 saturated carbocycles. The van der Waals surface area contributed by atoms with Gasteiger partial charge in [0.05, 0.1) is 16.6 Å². The van der Waals surface area contributed by atoms with E-state index >= 15 is 0 Å². The van der Waals surface area contributed by atoms with Crippen molar-refractivity contribution < 1.29 is 14.1 Å². The van der Waals surface area contributed by atoms with Crippen LogP contribution in [0.2, 0.25) is 0 Å². The topological polar surface area (TPSA) is 89.5 Å². The number of halogens is 1. The highest BCUT2D eigenvalue weighted by Gasteiger charge is 2.25. The average molecular weight is 267 g/mol. The minimum atomic E-state index is -0.877. The summed E-state index contributed by atoms with van der Waals surface area (Å²) in [5, 5.41) is 10.5. The number of carbonyl (C=O) groups is 1. The van der Waals surface area contributed by atoms with Crippen molar-refractivity contribution in [3.8, 4) is 0 Å². The second-order valence-corrected chi connectivity index (χ2v) is 4.57. The lowest BCUT2D eigenvalue weighted by Crippen LogP contribution is -2.45. The summed E-state index contributed by atoms with van der Waals surface area (Å²) in [5.41, 5.74) is 5.24. The maximum absolute atomic E-state index is 13.7. The summed E-state index contributed by atoms with van der Waals surface area (Å²) in [4.78, 5) is 23.4. The molecule has 0 radical (unpaired) electrons. The quantitative estimate of drug-likeness (QED) is 0.646. The third-order valence-electron chi connectivity index (χ3n) is 3.14. The van der Waals surface area contributed by atoms with Gasteiger partial charge in [0.2, 0.25) is 0 Å². The van der Waals surface area contributed by atoms with Crippen LogP contribution in [0.5, 0.6) is 0 Å². The van der Waals surface area contributed by atoms with Gasteiger partial charge in [-0.3, -0.25) is 14.9 Å². The second-order valence-electron chi connectivity index (χ2n) is 4.57. The molecule has 0 unspecified atom stereocenters. The molecule has 0 bridgehead atoms. The number of non-ortho nitro benzene ring substituents is 1. The number of hydrogen-bond donors (Lipinski definition) is 1. The van der Waals surface area contributed by atoms with Crippen LogP contribution in [0.1, 0.15) is 23.2 Å².